The number of likely N-dealkylation sites (N-methyl/N-ethyl adjacent to an activating group) is 1. The summed E-state index contributed by atoms with van der Waals surface area (Å²) in [6.45, 7) is 1.91. The molecule has 0 spiro atoms. The maximum atomic E-state index is 15.2. The summed E-state index contributed by atoms with van der Waals surface area (Å²) in [4.78, 5) is 28.3. The standard InChI is InChI=1S/C31H30ClFN6O2/c1-37(2)23-17-38(18-23)30(40)19-6-4-7-22(14-19)35-31-34-16-20-12-13-39(29-25(33)8-5-9-27(29)41-3)26-15-21(32)10-11-24(26)28(20)36-31/h4-11,14-16,23H,12-13,17-18H2,1-3H3,(H,34,35,36). The number of hydrogen-bond acceptors (Lipinski definition) is 7. The van der Waals surface area contributed by atoms with Crippen molar-refractivity contribution in [2.24, 2.45) is 0 Å². The van der Waals surface area contributed by atoms with Gasteiger partial charge in [-0.1, -0.05) is 23.7 Å². The van der Waals surface area contributed by atoms with Gasteiger partial charge in [0.1, 0.15) is 11.4 Å². The van der Waals surface area contributed by atoms with E-state index in [0.29, 0.717) is 52.7 Å². The first-order valence-electron chi connectivity index (χ1n) is 13.4. The second-order valence-corrected chi connectivity index (χ2v) is 10.9. The number of halogens is 2. The Morgan fingerprint density at radius 3 is 2.71 bits per heavy atom. The number of amides is 1. The largest absolute Gasteiger partial charge is 0.494 e. The zero-order valence-corrected chi connectivity index (χ0v) is 23.8. The van der Waals surface area contributed by atoms with Crippen LogP contribution in [0.3, 0.4) is 0 Å². The number of likely N-dealkylation sites (tertiary alicyclic amines) is 1. The van der Waals surface area contributed by atoms with Gasteiger partial charge in [-0.3, -0.25) is 4.79 Å². The summed E-state index contributed by atoms with van der Waals surface area (Å²) in [5.41, 5.74) is 4.85. The molecule has 0 atom stereocenters. The van der Waals surface area contributed by atoms with Crippen LogP contribution in [0.4, 0.5) is 27.4 Å². The minimum atomic E-state index is -0.389. The molecule has 0 bridgehead atoms. The topological polar surface area (TPSA) is 73.8 Å². The highest BCUT2D eigenvalue weighted by molar-refractivity contribution is 6.31. The first-order chi connectivity index (χ1) is 19.8. The smallest absolute Gasteiger partial charge is 0.254 e. The molecule has 1 amide bonds. The van der Waals surface area contributed by atoms with Gasteiger partial charge in [0.15, 0.2) is 5.82 Å². The third kappa shape index (κ3) is 5.18. The summed E-state index contributed by atoms with van der Waals surface area (Å²) in [5.74, 6) is 0.437. The molecule has 3 aromatic carbocycles. The predicted octanol–water partition coefficient (Wildman–Crippen LogP) is 5.77. The van der Waals surface area contributed by atoms with E-state index in [2.05, 4.69) is 15.2 Å². The summed E-state index contributed by atoms with van der Waals surface area (Å²) in [6.07, 6.45) is 2.37. The third-order valence-electron chi connectivity index (χ3n) is 7.66. The van der Waals surface area contributed by atoms with Crippen LogP contribution in [0.1, 0.15) is 15.9 Å². The molecule has 41 heavy (non-hydrogen) atoms. The van der Waals surface area contributed by atoms with Crippen molar-refractivity contribution in [2.45, 2.75) is 12.5 Å². The molecule has 2 aliphatic rings. The van der Waals surface area contributed by atoms with Gasteiger partial charge in [0.05, 0.1) is 18.5 Å². The quantitative estimate of drug-likeness (QED) is 0.314. The molecule has 1 N–H and O–H groups in total. The van der Waals surface area contributed by atoms with Crippen LogP contribution in [0.2, 0.25) is 5.02 Å². The number of carbonyl (C=O) groups is 1. The molecule has 0 aliphatic carbocycles. The number of methoxy groups -OCH3 is 1. The number of nitrogens with one attached hydrogen (secondary N) is 1. The molecule has 6 rings (SSSR count). The van der Waals surface area contributed by atoms with Crippen LogP contribution in [0.25, 0.3) is 11.3 Å². The van der Waals surface area contributed by atoms with Crippen LogP contribution in [0.5, 0.6) is 5.75 Å². The van der Waals surface area contributed by atoms with Gasteiger partial charge in [0, 0.05) is 53.7 Å². The number of aromatic nitrogens is 2. The lowest BCUT2D eigenvalue weighted by molar-refractivity contribution is 0.0399. The van der Waals surface area contributed by atoms with E-state index in [-0.39, 0.29) is 11.7 Å². The average Bonchev–Trinajstić information content (AvgIpc) is 3.08. The van der Waals surface area contributed by atoms with Crippen molar-refractivity contribution in [3.05, 3.63) is 88.8 Å². The Labute approximate surface area is 243 Å². The average molecular weight is 573 g/mol. The molecule has 0 radical (unpaired) electrons. The van der Waals surface area contributed by atoms with Crippen LogP contribution >= 0.6 is 11.6 Å². The first-order valence-corrected chi connectivity index (χ1v) is 13.8. The number of carbonyl (C=O) groups excluding carboxylic acids is 1. The minimum Gasteiger partial charge on any atom is -0.494 e. The lowest BCUT2D eigenvalue weighted by atomic mass is 10.0. The predicted molar refractivity (Wildman–Crippen MR) is 159 cm³/mol. The van der Waals surface area contributed by atoms with Crippen molar-refractivity contribution in [3.8, 4) is 17.0 Å². The summed E-state index contributed by atoms with van der Waals surface area (Å²) < 4.78 is 20.7. The highest BCUT2D eigenvalue weighted by Crippen LogP contribution is 2.44. The molecule has 4 aromatic rings. The van der Waals surface area contributed by atoms with Crippen LogP contribution in [-0.4, -0.2) is 72.6 Å². The van der Waals surface area contributed by atoms with Crippen LogP contribution in [0.15, 0.2) is 66.9 Å². The maximum Gasteiger partial charge on any atom is 0.254 e. The van der Waals surface area contributed by atoms with Gasteiger partial charge < -0.3 is 24.8 Å². The lowest BCUT2D eigenvalue weighted by Gasteiger charge is -2.42. The number of hydrogen-bond donors (Lipinski definition) is 1. The number of anilines is 4. The van der Waals surface area contributed by atoms with E-state index in [1.807, 2.05) is 60.3 Å². The van der Waals surface area contributed by atoms with Crippen LogP contribution < -0.4 is 15.0 Å². The van der Waals surface area contributed by atoms with Crippen molar-refractivity contribution in [1.29, 1.82) is 0 Å². The van der Waals surface area contributed by atoms with E-state index < -0.39 is 0 Å². The first kappa shape index (κ1) is 27.0. The number of rotatable bonds is 6. The van der Waals surface area contributed by atoms with Crippen LogP contribution in [-0.2, 0) is 6.42 Å². The Kier molecular flexibility index (Phi) is 7.23. The van der Waals surface area contributed by atoms with Crippen LogP contribution in [0, 0.1) is 5.82 Å². The van der Waals surface area contributed by atoms with E-state index in [1.54, 1.807) is 24.4 Å². The molecule has 1 aromatic heterocycles. The zero-order valence-electron chi connectivity index (χ0n) is 23.1. The molecule has 3 heterocycles. The Morgan fingerprint density at radius 1 is 1.12 bits per heavy atom. The van der Waals surface area contributed by atoms with Gasteiger partial charge in [0.2, 0.25) is 5.95 Å². The van der Waals surface area contributed by atoms with Gasteiger partial charge in [-0.2, -0.15) is 0 Å². The fourth-order valence-electron chi connectivity index (χ4n) is 5.31. The molecule has 0 saturated carbocycles. The van der Waals surface area contributed by atoms with Gasteiger partial charge in [-0.15, -0.1) is 0 Å². The van der Waals surface area contributed by atoms with E-state index in [9.17, 15) is 4.79 Å². The Balaban J connectivity index is 1.31. The summed E-state index contributed by atoms with van der Waals surface area (Å²) in [7, 11) is 5.58. The van der Waals surface area contributed by atoms with Crippen molar-refractivity contribution < 1.29 is 13.9 Å². The molecule has 1 fully saturated rings. The molecule has 10 heteroatoms. The number of fused-ring (bicyclic) bond motifs is 3. The van der Waals surface area contributed by atoms with E-state index in [4.69, 9.17) is 21.3 Å². The molecule has 8 nitrogen and oxygen atoms in total. The second kappa shape index (κ2) is 11.0. The molecule has 210 valence electrons. The fourth-order valence-corrected chi connectivity index (χ4v) is 5.47. The van der Waals surface area contributed by atoms with Crippen molar-refractivity contribution in [2.75, 3.05) is 51.1 Å². The second-order valence-electron chi connectivity index (χ2n) is 10.5. The number of benzene rings is 3. The highest BCUT2D eigenvalue weighted by Gasteiger charge is 2.32. The lowest BCUT2D eigenvalue weighted by Crippen LogP contribution is -2.59. The SMILES string of the molecule is COc1cccc(F)c1N1CCc2cnc(Nc3cccc(C(=O)N4CC(N(C)C)C4)c3)nc2-c2ccc(Cl)cc21. The van der Waals surface area contributed by atoms with Gasteiger partial charge in [-0.25, -0.2) is 14.4 Å². The molecular formula is C31H30ClFN6O2. The normalized spacial score (nSPS) is 14.7. The Morgan fingerprint density at radius 2 is 1.93 bits per heavy atom. The van der Waals surface area contributed by atoms with Gasteiger partial charge in [0.25, 0.3) is 5.91 Å². The van der Waals surface area contributed by atoms with E-state index in [1.165, 1.54) is 13.2 Å². The minimum absolute atomic E-state index is 0.00377. The molecule has 0 unspecified atom stereocenters. The van der Waals surface area contributed by atoms with Gasteiger partial charge in [-0.05, 0) is 74.6 Å². The number of para-hydroxylation sites is 1. The maximum absolute atomic E-state index is 15.2. The number of nitrogens with zero attached hydrogens (tertiary/aromatic N) is 5. The Hall–Kier alpha value is -4.21. The highest BCUT2D eigenvalue weighted by atomic mass is 35.5. The van der Waals surface area contributed by atoms with E-state index >= 15 is 4.39 Å². The Bertz CT molecular complexity index is 1620. The summed E-state index contributed by atoms with van der Waals surface area (Å²) in [5, 5.41) is 3.79. The molecule has 2 aliphatic heterocycles. The van der Waals surface area contributed by atoms with Crippen molar-refractivity contribution >= 4 is 40.5 Å². The monoisotopic (exact) mass is 572 g/mol. The molecular weight excluding hydrogens is 543 g/mol. The molecule has 1 saturated heterocycles. The van der Waals surface area contributed by atoms with Crippen molar-refractivity contribution in [3.63, 3.8) is 0 Å². The van der Waals surface area contributed by atoms with Crippen molar-refractivity contribution in [1.82, 2.24) is 19.8 Å². The van der Waals surface area contributed by atoms with E-state index in [0.717, 1.165) is 35.6 Å². The van der Waals surface area contributed by atoms with Gasteiger partial charge >= 0.3 is 0 Å². The zero-order chi connectivity index (χ0) is 28.7. The number of ether oxygens (including phenoxy) is 1. The summed E-state index contributed by atoms with van der Waals surface area (Å²) in [6, 6.07) is 18.1. The third-order valence-corrected chi connectivity index (χ3v) is 7.90. The summed E-state index contributed by atoms with van der Waals surface area (Å²) >= 11 is 6.43. The fraction of sp³-hybridized carbons (Fsp3) is 0.258.